The summed E-state index contributed by atoms with van der Waals surface area (Å²) in [5.74, 6) is 0.433. The molecule has 1 aliphatic rings. The number of methoxy groups -OCH3 is 2. The first-order chi connectivity index (χ1) is 15.9. The quantitative estimate of drug-likeness (QED) is 0.448. The molecule has 0 bridgehead atoms. The molecular formula is C24H26Cl2N2O5. The van der Waals surface area contributed by atoms with E-state index in [1.165, 1.54) is 14.2 Å². The molecular weight excluding hydrogens is 467 g/mol. The van der Waals surface area contributed by atoms with Gasteiger partial charge in [-0.15, -0.1) is 0 Å². The molecule has 1 atom stereocenters. The fraction of sp³-hybridized carbons (Fsp3) is 0.333. The minimum Gasteiger partial charge on any atom is -0.493 e. The highest BCUT2D eigenvalue weighted by atomic mass is 35.5. The van der Waals surface area contributed by atoms with Crippen molar-refractivity contribution < 1.29 is 23.8 Å². The molecule has 0 spiro atoms. The molecule has 1 unspecified atom stereocenters. The maximum absolute atomic E-state index is 12.6. The Morgan fingerprint density at radius 3 is 2.55 bits per heavy atom. The summed E-state index contributed by atoms with van der Waals surface area (Å²) < 4.78 is 16.4. The fourth-order valence-corrected chi connectivity index (χ4v) is 4.01. The van der Waals surface area contributed by atoms with E-state index >= 15 is 0 Å². The second-order valence-electron chi connectivity index (χ2n) is 7.45. The van der Waals surface area contributed by atoms with Gasteiger partial charge in [-0.2, -0.15) is 0 Å². The Balaban J connectivity index is 1.91. The van der Waals surface area contributed by atoms with Crippen LogP contribution in [0.25, 0.3) is 0 Å². The maximum atomic E-state index is 12.6. The van der Waals surface area contributed by atoms with Crippen LogP contribution >= 0.6 is 23.2 Å². The molecule has 0 aromatic heterocycles. The molecule has 2 N–H and O–H groups in total. The number of allylic oxidation sites excluding steroid dienone is 1. The zero-order chi connectivity index (χ0) is 24.0. The van der Waals surface area contributed by atoms with Crippen LogP contribution in [0.3, 0.4) is 0 Å². The average molecular weight is 493 g/mol. The van der Waals surface area contributed by atoms with Crippen molar-refractivity contribution in [3.05, 3.63) is 68.8 Å². The fourth-order valence-electron chi connectivity index (χ4n) is 3.55. The molecule has 2 aromatic carbocycles. The number of unbranched alkanes of at least 4 members (excludes halogenated alkanes) is 1. The van der Waals surface area contributed by atoms with Gasteiger partial charge in [0.15, 0.2) is 11.5 Å². The summed E-state index contributed by atoms with van der Waals surface area (Å²) in [6.07, 6.45) is 2.31. The monoisotopic (exact) mass is 492 g/mol. The SMILES string of the molecule is CCCCC1=C(C(=O)OC)C(c2ccc(OCc3ccc(Cl)cc3Cl)c(OC)c2)NC(=O)N1. The molecule has 1 aliphatic heterocycles. The number of urea groups is 1. The van der Waals surface area contributed by atoms with Gasteiger partial charge in [0.05, 0.1) is 25.8 Å². The summed E-state index contributed by atoms with van der Waals surface area (Å²) in [4.78, 5) is 24.9. The van der Waals surface area contributed by atoms with Crippen LogP contribution < -0.4 is 20.1 Å². The van der Waals surface area contributed by atoms with Gasteiger partial charge in [0.1, 0.15) is 6.61 Å². The third-order valence-electron chi connectivity index (χ3n) is 5.26. The molecule has 2 amide bonds. The van der Waals surface area contributed by atoms with E-state index in [4.69, 9.17) is 37.4 Å². The Bertz CT molecular complexity index is 1070. The number of halogens is 2. The number of nitrogens with one attached hydrogen (secondary N) is 2. The lowest BCUT2D eigenvalue weighted by molar-refractivity contribution is -0.136. The molecule has 0 radical (unpaired) electrons. The Morgan fingerprint density at radius 2 is 1.88 bits per heavy atom. The van der Waals surface area contributed by atoms with Crippen LogP contribution in [0.15, 0.2) is 47.7 Å². The van der Waals surface area contributed by atoms with Crippen molar-refractivity contribution in [2.45, 2.75) is 38.8 Å². The van der Waals surface area contributed by atoms with Gasteiger partial charge in [0.2, 0.25) is 0 Å². The van der Waals surface area contributed by atoms with Gasteiger partial charge in [-0.1, -0.05) is 48.7 Å². The molecule has 0 aliphatic carbocycles. The van der Waals surface area contributed by atoms with E-state index in [1.54, 1.807) is 36.4 Å². The molecule has 9 heteroatoms. The number of rotatable bonds is 9. The minimum absolute atomic E-state index is 0.213. The first kappa shape index (κ1) is 24.7. The predicted molar refractivity (Wildman–Crippen MR) is 127 cm³/mol. The summed E-state index contributed by atoms with van der Waals surface area (Å²) in [5, 5.41) is 6.61. The van der Waals surface area contributed by atoms with E-state index in [2.05, 4.69) is 10.6 Å². The highest BCUT2D eigenvalue weighted by Gasteiger charge is 2.33. The van der Waals surface area contributed by atoms with E-state index in [0.29, 0.717) is 44.8 Å². The summed E-state index contributed by atoms with van der Waals surface area (Å²) in [7, 11) is 2.84. The van der Waals surface area contributed by atoms with Crippen molar-refractivity contribution in [1.29, 1.82) is 0 Å². The zero-order valence-corrected chi connectivity index (χ0v) is 20.2. The van der Waals surface area contributed by atoms with Gasteiger partial charge >= 0.3 is 12.0 Å². The molecule has 33 heavy (non-hydrogen) atoms. The zero-order valence-electron chi connectivity index (χ0n) is 18.7. The van der Waals surface area contributed by atoms with Crippen LogP contribution in [0.2, 0.25) is 10.0 Å². The largest absolute Gasteiger partial charge is 0.493 e. The van der Waals surface area contributed by atoms with Gasteiger partial charge < -0.3 is 24.8 Å². The van der Waals surface area contributed by atoms with Gasteiger partial charge in [-0.25, -0.2) is 9.59 Å². The van der Waals surface area contributed by atoms with E-state index in [1.807, 2.05) is 6.92 Å². The van der Waals surface area contributed by atoms with E-state index in [-0.39, 0.29) is 12.6 Å². The molecule has 2 aromatic rings. The Hall–Kier alpha value is -2.90. The van der Waals surface area contributed by atoms with Crippen LogP contribution in [0.4, 0.5) is 4.79 Å². The van der Waals surface area contributed by atoms with Crippen molar-refractivity contribution >= 4 is 35.2 Å². The Kier molecular flexibility index (Phi) is 8.47. The molecule has 0 saturated carbocycles. The highest BCUT2D eigenvalue weighted by Crippen LogP contribution is 2.36. The first-order valence-electron chi connectivity index (χ1n) is 10.5. The molecule has 7 nitrogen and oxygen atoms in total. The van der Waals surface area contributed by atoms with Gasteiger partial charge in [0, 0.05) is 21.3 Å². The molecule has 3 rings (SSSR count). The molecule has 1 heterocycles. The number of benzene rings is 2. The second-order valence-corrected chi connectivity index (χ2v) is 8.30. The first-order valence-corrected chi connectivity index (χ1v) is 11.3. The van der Waals surface area contributed by atoms with Crippen molar-refractivity contribution in [3.8, 4) is 11.5 Å². The Labute approximate surface area is 203 Å². The third kappa shape index (κ3) is 5.92. The average Bonchev–Trinajstić information content (AvgIpc) is 2.81. The van der Waals surface area contributed by atoms with E-state index in [0.717, 1.165) is 18.4 Å². The summed E-state index contributed by atoms with van der Waals surface area (Å²) in [5.41, 5.74) is 2.37. The summed E-state index contributed by atoms with van der Waals surface area (Å²) in [6, 6.07) is 9.35. The van der Waals surface area contributed by atoms with Crippen LogP contribution in [0.1, 0.15) is 43.4 Å². The number of carbonyl (C=O) groups is 2. The van der Waals surface area contributed by atoms with Crippen LogP contribution in [-0.2, 0) is 16.1 Å². The maximum Gasteiger partial charge on any atom is 0.337 e. The Morgan fingerprint density at radius 1 is 1.09 bits per heavy atom. The summed E-state index contributed by atoms with van der Waals surface area (Å²) in [6.45, 7) is 2.25. The third-order valence-corrected chi connectivity index (χ3v) is 5.85. The second kappa shape index (κ2) is 11.3. The molecule has 176 valence electrons. The lowest BCUT2D eigenvalue weighted by Gasteiger charge is -2.29. The van der Waals surface area contributed by atoms with Crippen molar-refractivity contribution in [3.63, 3.8) is 0 Å². The summed E-state index contributed by atoms with van der Waals surface area (Å²) >= 11 is 12.2. The van der Waals surface area contributed by atoms with Crippen molar-refractivity contribution in [2.24, 2.45) is 0 Å². The van der Waals surface area contributed by atoms with Crippen molar-refractivity contribution in [2.75, 3.05) is 14.2 Å². The normalized spacial score (nSPS) is 15.5. The molecule has 0 fully saturated rings. The topological polar surface area (TPSA) is 85.9 Å². The number of hydrogen-bond donors (Lipinski definition) is 2. The van der Waals surface area contributed by atoms with Gasteiger partial charge in [0.25, 0.3) is 0 Å². The molecule has 0 saturated heterocycles. The predicted octanol–water partition coefficient (Wildman–Crippen LogP) is 5.55. The highest BCUT2D eigenvalue weighted by molar-refractivity contribution is 6.35. The smallest absolute Gasteiger partial charge is 0.337 e. The van der Waals surface area contributed by atoms with E-state index in [9.17, 15) is 9.59 Å². The minimum atomic E-state index is -0.688. The number of esters is 1. The number of hydrogen-bond acceptors (Lipinski definition) is 5. The number of ether oxygens (including phenoxy) is 3. The van der Waals surface area contributed by atoms with Gasteiger partial charge in [-0.05, 0) is 42.7 Å². The lowest BCUT2D eigenvalue weighted by Crippen LogP contribution is -2.45. The van der Waals surface area contributed by atoms with E-state index < -0.39 is 12.0 Å². The van der Waals surface area contributed by atoms with Crippen LogP contribution in [0, 0.1) is 0 Å². The number of amides is 2. The van der Waals surface area contributed by atoms with Crippen molar-refractivity contribution in [1.82, 2.24) is 10.6 Å². The van der Waals surface area contributed by atoms with Crippen LogP contribution in [0.5, 0.6) is 11.5 Å². The number of carbonyl (C=O) groups excluding carboxylic acids is 2. The standard InChI is InChI=1S/C24H26Cl2N2O5/c1-4-5-6-18-21(23(29)32-3)22(28-24(30)27-18)14-8-10-19(20(11-14)31-2)33-13-15-7-9-16(25)12-17(15)26/h7-12,22H,4-6,13H2,1-3H3,(H2,27,28,30). The lowest BCUT2D eigenvalue weighted by atomic mass is 9.93. The van der Waals surface area contributed by atoms with Crippen LogP contribution in [-0.4, -0.2) is 26.2 Å². The van der Waals surface area contributed by atoms with Gasteiger partial charge in [-0.3, -0.25) is 0 Å².